The maximum absolute atomic E-state index is 11.4. The van der Waals surface area contributed by atoms with Crippen molar-refractivity contribution >= 4 is 27.9 Å². The summed E-state index contributed by atoms with van der Waals surface area (Å²) in [6.07, 6.45) is 1.75. The number of ketones is 1. The molecule has 3 rings (SSSR count). The molecule has 0 N–H and O–H groups in total. The van der Waals surface area contributed by atoms with Gasteiger partial charge in [-0.2, -0.15) is 0 Å². The van der Waals surface area contributed by atoms with E-state index in [0.717, 1.165) is 16.5 Å². The first-order chi connectivity index (χ1) is 11.0. The standard InChI is InChI=1S/C18H17NO3S/c1-11(2)21-18-19-10-17(23-18)22-16-7-6-14-8-13(12(3)20)4-5-15(14)9-16/h4-11H,1-3H3. The quantitative estimate of drug-likeness (QED) is 0.613. The molecule has 23 heavy (non-hydrogen) atoms. The minimum absolute atomic E-state index is 0.0644. The van der Waals surface area contributed by atoms with Crippen LogP contribution in [0.2, 0.25) is 0 Å². The van der Waals surface area contributed by atoms with E-state index in [0.29, 0.717) is 15.8 Å². The minimum atomic E-state index is 0.0644. The highest BCUT2D eigenvalue weighted by atomic mass is 32.1. The Labute approximate surface area is 138 Å². The molecular weight excluding hydrogens is 310 g/mol. The second-order valence-electron chi connectivity index (χ2n) is 5.49. The van der Waals surface area contributed by atoms with Crippen LogP contribution in [0.25, 0.3) is 10.8 Å². The van der Waals surface area contributed by atoms with Crippen molar-refractivity contribution in [1.82, 2.24) is 4.98 Å². The fourth-order valence-corrected chi connectivity index (χ4v) is 2.93. The molecule has 0 aliphatic carbocycles. The Morgan fingerprint density at radius 2 is 1.87 bits per heavy atom. The van der Waals surface area contributed by atoms with Gasteiger partial charge in [0.25, 0.3) is 5.19 Å². The third kappa shape index (κ3) is 3.68. The van der Waals surface area contributed by atoms with Crippen LogP contribution in [0.5, 0.6) is 16.0 Å². The van der Waals surface area contributed by atoms with Crippen LogP contribution in [-0.4, -0.2) is 16.9 Å². The number of carbonyl (C=O) groups is 1. The minimum Gasteiger partial charge on any atom is -0.467 e. The SMILES string of the molecule is CC(=O)c1ccc2cc(Oc3cnc(OC(C)C)s3)ccc2c1. The van der Waals surface area contributed by atoms with Crippen LogP contribution in [0.3, 0.4) is 0 Å². The third-order valence-corrected chi connectivity index (χ3v) is 4.00. The Hall–Kier alpha value is -2.40. The van der Waals surface area contributed by atoms with Crippen molar-refractivity contribution < 1.29 is 14.3 Å². The van der Waals surface area contributed by atoms with Crippen LogP contribution in [0.4, 0.5) is 0 Å². The van der Waals surface area contributed by atoms with E-state index in [9.17, 15) is 4.79 Å². The zero-order chi connectivity index (χ0) is 16.4. The predicted octanol–water partition coefficient (Wildman–Crippen LogP) is 5.08. The molecule has 118 valence electrons. The molecule has 0 spiro atoms. The van der Waals surface area contributed by atoms with E-state index < -0.39 is 0 Å². The van der Waals surface area contributed by atoms with E-state index in [-0.39, 0.29) is 11.9 Å². The van der Waals surface area contributed by atoms with E-state index >= 15 is 0 Å². The number of nitrogens with zero attached hydrogens (tertiary/aromatic N) is 1. The number of hydrogen-bond donors (Lipinski definition) is 0. The highest BCUT2D eigenvalue weighted by Crippen LogP contribution is 2.33. The first-order valence-electron chi connectivity index (χ1n) is 7.36. The average Bonchev–Trinajstić information content (AvgIpc) is 2.92. The fraction of sp³-hybridized carbons (Fsp3) is 0.222. The van der Waals surface area contributed by atoms with Gasteiger partial charge >= 0.3 is 0 Å². The Balaban J connectivity index is 1.82. The molecule has 3 aromatic rings. The molecule has 4 nitrogen and oxygen atoms in total. The van der Waals surface area contributed by atoms with Crippen molar-refractivity contribution in [1.29, 1.82) is 0 Å². The predicted molar refractivity (Wildman–Crippen MR) is 91.9 cm³/mol. The summed E-state index contributed by atoms with van der Waals surface area (Å²) in [5.41, 5.74) is 0.712. The van der Waals surface area contributed by atoms with E-state index in [1.807, 2.05) is 50.2 Å². The molecule has 0 radical (unpaired) electrons. The molecule has 0 atom stereocenters. The van der Waals surface area contributed by atoms with Crippen molar-refractivity contribution in [2.75, 3.05) is 0 Å². The average molecular weight is 327 g/mol. The molecule has 0 bridgehead atoms. The lowest BCUT2D eigenvalue weighted by molar-refractivity contribution is 0.101. The molecule has 1 aromatic heterocycles. The summed E-state index contributed by atoms with van der Waals surface area (Å²) in [6.45, 7) is 5.49. The van der Waals surface area contributed by atoms with Gasteiger partial charge in [0.05, 0.1) is 12.3 Å². The molecule has 0 unspecified atom stereocenters. The Morgan fingerprint density at radius 1 is 1.13 bits per heavy atom. The van der Waals surface area contributed by atoms with Gasteiger partial charge in [0.15, 0.2) is 5.78 Å². The summed E-state index contributed by atoms with van der Waals surface area (Å²) in [6, 6.07) is 11.4. The summed E-state index contributed by atoms with van der Waals surface area (Å²) in [7, 11) is 0. The molecule has 5 heteroatoms. The van der Waals surface area contributed by atoms with E-state index in [1.54, 1.807) is 13.1 Å². The summed E-state index contributed by atoms with van der Waals surface area (Å²) >= 11 is 1.37. The van der Waals surface area contributed by atoms with E-state index in [4.69, 9.17) is 9.47 Å². The van der Waals surface area contributed by atoms with Crippen LogP contribution in [0.15, 0.2) is 42.6 Å². The van der Waals surface area contributed by atoms with E-state index in [1.165, 1.54) is 11.3 Å². The van der Waals surface area contributed by atoms with Crippen LogP contribution >= 0.6 is 11.3 Å². The number of carbonyl (C=O) groups excluding carboxylic acids is 1. The largest absolute Gasteiger partial charge is 0.467 e. The highest BCUT2D eigenvalue weighted by molar-refractivity contribution is 7.15. The second kappa shape index (κ2) is 6.38. The van der Waals surface area contributed by atoms with Crippen molar-refractivity contribution in [2.24, 2.45) is 0 Å². The van der Waals surface area contributed by atoms with Crippen molar-refractivity contribution in [3.8, 4) is 16.0 Å². The lowest BCUT2D eigenvalue weighted by atomic mass is 10.0. The number of Topliss-reactive ketones (excluding diaryl/α,β-unsaturated/α-hetero) is 1. The van der Waals surface area contributed by atoms with Gasteiger partial charge in [-0.1, -0.05) is 18.2 Å². The molecule has 0 fully saturated rings. The summed E-state index contributed by atoms with van der Waals surface area (Å²) < 4.78 is 11.4. The van der Waals surface area contributed by atoms with Gasteiger partial charge in [-0.3, -0.25) is 4.79 Å². The molecule has 0 amide bonds. The van der Waals surface area contributed by atoms with Gasteiger partial charge in [0.1, 0.15) is 5.75 Å². The molecular formula is C18H17NO3S. The Kier molecular flexibility index (Phi) is 4.30. The number of ether oxygens (including phenoxy) is 2. The summed E-state index contributed by atoms with van der Waals surface area (Å²) in [5.74, 6) is 0.794. The monoisotopic (exact) mass is 327 g/mol. The third-order valence-electron chi connectivity index (χ3n) is 3.24. The molecule has 2 aromatic carbocycles. The first kappa shape index (κ1) is 15.5. The zero-order valence-corrected chi connectivity index (χ0v) is 14.0. The smallest absolute Gasteiger partial charge is 0.276 e. The van der Waals surface area contributed by atoms with Gasteiger partial charge in [0.2, 0.25) is 5.06 Å². The van der Waals surface area contributed by atoms with Crippen LogP contribution < -0.4 is 9.47 Å². The number of thiazole rings is 1. The molecule has 0 saturated heterocycles. The molecule has 0 aliphatic heterocycles. The number of fused-ring (bicyclic) bond motifs is 1. The maximum atomic E-state index is 11.4. The van der Waals surface area contributed by atoms with Crippen LogP contribution in [0.1, 0.15) is 31.1 Å². The summed E-state index contributed by atoms with van der Waals surface area (Å²) in [4.78, 5) is 15.6. The number of hydrogen-bond acceptors (Lipinski definition) is 5. The molecule has 1 heterocycles. The van der Waals surface area contributed by atoms with Gasteiger partial charge in [-0.15, -0.1) is 0 Å². The van der Waals surface area contributed by atoms with E-state index in [2.05, 4.69) is 4.98 Å². The van der Waals surface area contributed by atoms with Crippen molar-refractivity contribution in [3.63, 3.8) is 0 Å². The van der Waals surface area contributed by atoms with Crippen LogP contribution in [-0.2, 0) is 0 Å². The summed E-state index contributed by atoms with van der Waals surface area (Å²) in [5, 5.41) is 3.32. The lowest BCUT2D eigenvalue weighted by Crippen LogP contribution is -2.04. The molecule has 0 saturated carbocycles. The van der Waals surface area contributed by atoms with Gasteiger partial charge in [-0.05, 0) is 61.1 Å². The lowest BCUT2D eigenvalue weighted by Gasteiger charge is -2.06. The number of aromatic nitrogens is 1. The Morgan fingerprint density at radius 3 is 2.61 bits per heavy atom. The first-order valence-corrected chi connectivity index (χ1v) is 8.18. The van der Waals surface area contributed by atoms with Gasteiger partial charge < -0.3 is 9.47 Å². The van der Waals surface area contributed by atoms with Crippen molar-refractivity contribution in [3.05, 3.63) is 48.2 Å². The van der Waals surface area contributed by atoms with Crippen molar-refractivity contribution in [2.45, 2.75) is 26.9 Å². The zero-order valence-electron chi connectivity index (χ0n) is 13.2. The number of rotatable bonds is 5. The fourth-order valence-electron chi connectivity index (χ4n) is 2.17. The van der Waals surface area contributed by atoms with Gasteiger partial charge in [0, 0.05) is 5.56 Å². The molecule has 0 aliphatic rings. The normalized spacial score (nSPS) is 11.0. The topological polar surface area (TPSA) is 48.4 Å². The maximum Gasteiger partial charge on any atom is 0.276 e. The number of benzene rings is 2. The Bertz CT molecular complexity index is 854. The second-order valence-corrected chi connectivity index (χ2v) is 6.45. The van der Waals surface area contributed by atoms with Gasteiger partial charge in [-0.25, -0.2) is 4.98 Å². The van der Waals surface area contributed by atoms with Crippen LogP contribution in [0, 0.1) is 0 Å². The highest BCUT2D eigenvalue weighted by Gasteiger charge is 2.08.